The van der Waals surface area contributed by atoms with Gasteiger partial charge in [0.15, 0.2) is 5.78 Å². The van der Waals surface area contributed by atoms with E-state index in [0.717, 1.165) is 37.2 Å². The Labute approximate surface area is 124 Å². The first-order valence-corrected chi connectivity index (χ1v) is 8.77. The Morgan fingerprint density at radius 3 is 3.00 bits per heavy atom. The van der Waals surface area contributed by atoms with E-state index in [0.29, 0.717) is 11.7 Å². The standard InChI is InChI=1S/C17H20O2S/c18-16-14-4-2-1-3-12(14)9-15(16)13-5-7-19-17(10-13)6-8-20-11-17/h1-4,13,15H,5-11H2. The maximum atomic E-state index is 12.7. The average molecular weight is 288 g/mol. The lowest BCUT2D eigenvalue weighted by atomic mass is 9.76. The van der Waals surface area contributed by atoms with E-state index in [1.807, 2.05) is 30.0 Å². The highest BCUT2D eigenvalue weighted by molar-refractivity contribution is 7.99. The summed E-state index contributed by atoms with van der Waals surface area (Å²) in [6, 6.07) is 8.15. The Bertz CT molecular complexity index is 534. The van der Waals surface area contributed by atoms with Crippen LogP contribution in [0.5, 0.6) is 0 Å². The summed E-state index contributed by atoms with van der Waals surface area (Å²) >= 11 is 2.00. The number of carbonyl (C=O) groups excluding carboxylic acids is 1. The van der Waals surface area contributed by atoms with E-state index < -0.39 is 0 Å². The molecule has 0 aromatic heterocycles. The molecule has 3 heteroatoms. The lowest BCUT2D eigenvalue weighted by Crippen LogP contribution is -2.42. The summed E-state index contributed by atoms with van der Waals surface area (Å²) in [6.07, 6.45) is 4.26. The second-order valence-electron chi connectivity index (χ2n) is 6.42. The zero-order valence-electron chi connectivity index (χ0n) is 11.6. The van der Waals surface area contributed by atoms with Crippen molar-refractivity contribution >= 4 is 17.5 Å². The summed E-state index contributed by atoms with van der Waals surface area (Å²) in [5.41, 5.74) is 2.31. The molecule has 0 bridgehead atoms. The Morgan fingerprint density at radius 1 is 1.30 bits per heavy atom. The highest BCUT2D eigenvalue weighted by atomic mass is 32.2. The van der Waals surface area contributed by atoms with Gasteiger partial charge < -0.3 is 4.74 Å². The van der Waals surface area contributed by atoms with E-state index in [2.05, 4.69) is 6.07 Å². The van der Waals surface area contributed by atoms with Crippen LogP contribution in [0.15, 0.2) is 24.3 Å². The molecule has 0 saturated carbocycles. The van der Waals surface area contributed by atoms with Gasteiger partial charge in [-0.05, 0) is 42.9 Å². The van der Waals surface area contributed by atoms with Gasteiger partial charge in [-0.15, -0.1) is 0 Å². The highest BCUT2D eigenvalue weighted by Gasteiger charge is 2.45. The second-order valence-corrected chi connectivity index (χ2v) is 7.52. The zero-order chi connectivity index (χ0) is 13.6. The molecule has 3 atom stereocenters. The van der Waals surface area contributed by atoms with E-state index in [4.69, 9.17) is 4.74 Å². The van der Waals surface area contributed by atoms with Crippen LogP contribution in [0.4, 0.5) is 0 Å². The van der Waals surface area contributed by atoms with Crippen LogP contribution in [0.25, 0.3) is 0 Å². The maximum absolute atomic E-state index is 12.7. The second kappa shape index (κ2) is 4.88. The van der Waals surface area contributed by atoms with Crippen LogP contribution in [-0.2, 0) is 11.2 Å². The number of fused-ring (bicyclic) bond motifs is 1. The molecule has 1 spiro atoms. The third-order valence-corrected chi connectivity index (χ3v) is 6.45. The third-order valence-electron chi connectivity index (χ3n) is 5.23. The van der Waals surface area contributed by atoms with Crippen molar-refractivity contribution in [3.8, 4) is 0 Å². The van der Waals surface area contributed by atoms with Crippen LogP contribution in [0.2, 0.25) is 0 Å². The summed E-state index contributed by atoms with van der Waals surface area (Å²) in [5, 5.41) is 0. The molecular weight excluding hydrogens is 268 g/mol. The van der Waals surface area contributed by atoms with Crippen molar-refractivity contribution in [2.24, 2.45) is 11.8 Å². The number of ketones is 1. The Hall–Kier alpha value is -0.800. The van der Waals surface area contributed by atoms with Crippen molar-refractivity contribution in [2.75, 3.05) is 18.1 Å². The molecule has 4 rings (SSSR count). The van der Waals surface area contributed by atoms with Crippen molar-refractivity contribution in [3.05, 3.63) is 35.4 Å². The fourth-order valence-corrected chi connectivity index (χ4v) is 5.50. The first-order chi connectivity index (χ1) is 9.77. The van der Waals surface area contributed by atoms with Crippen molar-refractivity contribution in [2.45, 2.75) is 31.3 Å². The number of ether oxygens (including phenoxy) is 1. The largest absolute Gasteiger partial charge is 0.374 e. The van der Waals surface area contributed by atoms with Gasteiger partial charge in [0.2, 0.25) is 0 Å². The normalized spacial score (nSPS) is 36.5. The number of carbonyl (C=O) groups is 1. The van der Waals surface area contributed by atoms with Gasteiger partial charge >= 0.3 is 0 Å². The lowest BCUT2D eigenvalue weighted by molar-refractivity contribution is -0.0858. The fourth-order valence-electron chi connectivity index (χ4n) is 4.12. The molecular formula is C17H20O2S. The molecule has 20 heavy (non-hydrogen) atoms. The monoisotopic (exact) mass is 288 g/mol. The molecule has 106 valence electrons. The molecule has 2 fully saturated rings. The van der Waals surface area contributed by atoms with E-state index in [1.54, 1.807) is 0 Å². The van der Waals surface area contributed by atoms with E-state index in [1.165, 1.54) is 17.7 Å². The van der Waals surface area contributed by atoms with E-state index in [9.17, 15) is 4.79 Å². The number of thioether (sulfide) groups is 1. The summed E-state index contributed by atoms with van der Waals surface area (Å²) in [5.74, 6) is 3.44. The molecule has 0 N–H and O–H groups in total. The Balaban J connectivity index is 1.56. The van der Waals surface area contributed by atoms with Crippen molar-refractivity contribution in [1.82, 2.24) is 0 Å². The van der Waals surface area contributed by atoms with Gasteiger partial charge in [0.25, 0.3) is 0 Å². The number of hydrogen-bond acceptors (Lipinski definition) is 3. The van der Waals surface area contributed by atoms with Gasteiger partial charge in [0, 0.05) is 23.8 Å². The molecule has 0 amide bonds. The van der Waals surface area contributed by atoms with Crippen LogP contribution in [0.1, 0.15) is 35.2 Å². The fraction of sp³-hybridized carbons (Fsp3) is 0.588. The molecule has 1 aliphatic carbocycles. The third kappa shape index (κ3) is 2.03. The predicted octanol–water partition coefficient (Wildman–Crippen LogP) is 3.34. The van der Waals surface area contributed by atoms with E-state index >= 15 is 0 Å². The topological polar surface area (TPSA) is 26.3 Å². The van der Waals surface area contributed by atoms with Gasteiger partial charge in [-0.3, -0.25) is 4.79 Å². The molecule has 3 unspecified atom stereocenters. The van der Waals surface area contributed by atoms with Gasteiger partial charge in [0.05, 0.1) is 5.60 Å². The number of hydrogen-bond donors (Lipinski definition) is 0. The van der Waals surface area contributed by atoms with Crippen LogP contribution in [0.3, 0.4) is 0 Å². The summed E-state index contributed by atoms with van der Waals surface area (Å²) in [6.45, 7) is 0.839. The zero-order valence-corrected chi connectivity index (χ0v) is 12.5. The van der Waals surface area contributed by atoms with E-state index in [-0.39, 0.29) is 11.5 Å². The van der Waals surface area contributed by atoms with Gasteiger partial charge in [-0.1, -0.05) is 24.3 Å². The Kier molecular flexibility index (Phi) is 3.15. The van der Waals surface area contributed by atoms with Crippen LogP contribution in [0, 0.1) is 11.8 Å². The molecule has 3 aliphatic rings. The first-order valence-electron chi connectivity index (χ1n) is 7.61. The molecule has 2 heterocycles. The lowest BCUT2D eigenvalue weighted by Gasteiger charge is -2.39. The molecule has 0 radical (unpaired) electrons. The molecule has 2 saturated heterocycles. The van der Waals surface area contributed by atoms with Crippen molar-refractivity contribution < 1.29 is 9.53 Å². The SMILES string of the molecule is O=C1c2ccccc2CC1C1CCOC2(CCSC2)C1. The first kappa shape index (κ1) is 12.9. The minimum absolute atomic E-state index is 0.0860. The number of rotatable bonds is 1. The Morgan fingerprint density at radius 2 is 2.20 bits per heavy atom. The molecule has 1 aromatic carbocycles. The molecule has 2 nitrogen and oxygen atoms in total. The number of benzene rings is 1. The minimum Gasteiger partial charge on any atom is -0.374 e. The summed E-state index contributed by atoms with van der Waals surface area (Å²) in [4.78, 5) is 12.7. The predicted molar refractivity (Wildman–Crippen MR) is 81.3 cm³/mol. The summed E-state index contributed by atoms with van der Waals surface area (Å²) in [7, 11) is 0. The average Bonchev–Trinajstić information content (AvgIpc) is 3.05. The minimum atomic E-state index is 0.0860. The molecule has 1 aromatic rings. The summed E-state index contributed by atoms with van der Waals surface area (Å²) < 4.78 is 6.10. The van der Waals surface area contributed by atoms with Crippen LogP contribution >= 0.6 is 11.8 Å². The van der Waals surface area contributed by atoms with Gasteiger partial charge in [0.1, 0.15) is 0 Å². The highest BCUT2D eigenvalue weighted by Crippen LogP contribution is 2.45. The van der Waals surface area contributed by atoms with Gasteiger partial charge in [-0.2, -0.15) is 11.8 Å². The van der Waals surface area contributed by atoms with Gasteiger partial charge in [-0.25, -0.2) is 0 Å². The van der Waals surface area contributed by atoms with Crippen LogP contribution < -0.4 is 0 Å². The number of Topliss-reactive ketones (excluding diaryl/α,β-unsaturated/α-hetero) is 1. The maximum Gasteiger partial charge on any atom is 0.166 e. The smallest absolute Gasteiger partial charge is 0.166 e. The van der Waals surface area contributed by atoms with Crippen LogP contribution in [-0.4, -0.2) is 29.5 Å². The molecule has 2 aliphatic heterocycles. The van der Waals surface area contributed by atoms with Crippen molar-refractivity contribution in [1.29, 1.82) is 0 Å². The van der Waals surface area contributed by atoms with Crippen molar-refractivity contribution in [3.63, 3.8) is 0 Å². The quantitative estimate of drug-likeness (QED) is 0.793.